The van der Waals surface area contributed by atoms with Crippen LogP contribution in [0.4, 0.5) is 16.5 Å². The number of benzene rings is 2. The molecule has 0 spiro atoms. The van der Waals surface area contributed by atoms with Crippen LogP contribution in [0.2, 0.25) is 0 Å². The molecule has 12 heteroatoms. The minimum atomic E-state index is -0.745. The molecule has 2 heterocycles. The van der Waals surface area contributed by atoms with Crippen LogP contribution in [-0.2, 0) is 11.2 Å². The van der Waals surface area contributed by atoms with Gasteiger partial charge in [0.1, 0.15) is 11.8 Å². The summed E-state index contributed by atoms with van der Waals surface area (Å²) in [5.74, 6) is 0.0930. The zero-order valence-corrected chi connectivity index (χ0v) is 23.0. The van der Waals surface area contributed by atoms with Gasteiger partial charge in [0.05, 0.1) is 18.0 Å². The highest BCUT2D eigenvalue weighted by atomic mass is 127. The maximum absolute atomic E-state index is 13.4. The van der Waals surface area contributed by atoms with E-state index in [2.05, 4.69) is 60.8 Å². The molecule has 1 atom stereocenters. The number of fused-ring (bicyclic) bond motifs is 1. The van der Waals surface area contributed by atoms with E-state index in [0.717, 1.165) is 18.4 Å². The van der Waals surface area contributed by atoms with Gasteiger partial charge in [0.2, 0.25) is 5.91 Å². The fraction of sp³-hybridized carbons (Fsp3) is 0.304. The summed E-state index contributed by atoms with van der Waals surface area (Å²) >= 11 is 4.10. The zero-order valence-electron chi connectivity index (χ0n) is 18.7. The van der Waals surface area contributed by atoms with Gasteiger partial charge >= 0.3 is 11.7 Å². The number of phenols is 1. The molecule has 10 nitrogen and oxygen atoms in total. The third-order valence-electron chi connectivity index (χ3n) is 5.85. The van der Waals surface area contributed by atoms with Crippen molar-refractivity contribution in [3.05, 3.63) is 53.0 Å². The molecule has 1 fully saturated rings. The molecule has 0 bridgehead atoms. The predicted octanol–water partition coefficient (Wildman–Crippen LogP) is 3.55. The number of nitrogens with one attached hydrogen (secondary N) is 2. The van der Waals surface area contributed by atoms with Crippen molar-refractivity contribution in [3.63, 3.8) is 0 Å². The van der Waals surface area contributed by atoms with Crippen LogP contribution < -0.4 is 22.0 Å². The van der Waals surface area contributed by atoms with E-state index in [-0.39, 0.29) is 23.1 Å². The summed E-state index contributed by atoms with van der Waals surface area (Å²) in [4.78, 5) is 43.6. The van der Waals surface area contributed by atoms with Gasteiger partial charge in [-0.1, -0.05) is 0 Å². The van der Waals surface area contributed by atoms with E-state index in [1.54, 1.807) is 24.0 Å². The van der Waals surface area contributed by atoms with Crippen LogP contribution in [0.15, 0.2) is 33.5 Å². The minimum Gasteiger partial charge on any atom is -0.506 e. The summed E-state index contributed by atoms with van der Waals surface area (Å²) in [5, 5.41) is 15.8. The molecule has 5 N–H and O–H groups in total. The van der Waals surface area contributed by atoms with Crippen LogP contribution in [0.25, 0.3) is 10.9 Å². The fourth-order valence-corrected chi connectivity index (χ4v) is 6.02. The van der Waals surface area contributed by atoms with E-state index in [4.69, 9.17) is 10.2 Å². The van der Waals surface area contributed by atoms with Crippen molar-refractivity contribution in [1.82, 2.24) is 9.88 Å². The number of anilines is 2. The molecule has 184 valence electrons. The van der Waals surface area contributed by atoms with Crippen molar-refractivity contribution < 1.29 is 19.1 Å². The van der Waals surface area contributed by atoms with E-state index >= 15 is 0 Å². The molecule has 35 heavy (non-hydrogen) atoms. The van der Waals surface area contributed by atoms with Gasteiger partial charge in [0.15, 0.2) is 0 Å². The normalized spacial score (nSPS) is 14.2. The maximum Gasteiger partial charge on any atom is 0.348 e. The average molecular weight is 703 g/mol. The van der Waals surface area contributed by atoms with Crippen LogP contribution in [-0.4, -0.2) is 46.1 Å². The number of aromatic hydroxyl groups is 1. The number of nitrogens with zero attached hydrogens (tertiary/aromatic N) is 2. The Balaban J connectivity index is 1.69. The standard InChI is InChI=1S/C23H23I2N5O5/c1-11-15(27-22(26)34)4-5-16-18(11)21(33)35-23(28-16)29-17(20(32)30-6-2-3-7-30)10-12-8-13(24)19(31)14(25)9-12/h4-5,8-9,17,31H,2-3,6-7,10H2,1H3,(H,28,29)(H3,26,27,34)/t17-/m0/s1. The largest absolute Gasteiger partial charge is 0.506 e. The van der Waals surface area contributed by atoms with Crippen molar-refractivity contribution in [1.29, 1.82) is 0 Å². The monoisotopic (exact) mass is 703 g/mol. The Kier molecular flexibility index (Phi) is 7.68. The smallest absolute Gasteiger partial charge is 0.348 e. The molecule has 2 aromatic carbocycles. The van der Waals surface area contributed by atoms with Gasteiger partial charge in [-0.25, -0.2) is 9.59 Å². The molecular formula is C23H23I2N5O5. The molecule has 4 rings (SSSR count). The zero-order chi connectivity index (χ0) is 25.3. The van der Waals surface area contributed by atoms with Crippen LogP contribution in [0.3, 0.4) is 0 Å². The third-order valence-corrected chi connectivity index (χ3v) is 7.49. The Hall–Kier alpha value is -2.62. The van der Waals surface area contributed by atoms with E-state index < -0.39 is 17.7 Å². The number of urea groups is 1. The number of hydrogen-bond donors (Lipinski definition) is 4. The van der Waals surface area contributed by atoms with Gasteiger partial charge in [-0.2, -0.15) is 4.98 Å². The second kappa shape index (κ2) is 10.6. The van der Waals surface area contributed by atoms with Crippen LogP contribution in [0, 0.1) is 14.1 Å². The summed E-state index contributed by atoms with van der Waals surface area (Å²) in [6.45, 7) is 3.00. The van der Waals surface area contributed by atoms with Crippen molar-refractivity contribution >= 4 is 79.7 Å². The van der Waals surface area contributed by atoms with E-state index in [0.29, 0.717) is 43.4 Å². The summed E-state index contributed by atoms with van der Waals surface area (Å²) in [6.07, 6.45) is 2.20. The van der Waals surface area contributed by atoms with Gasteiger partial charge in [0, 0.05) is 25.2 Å². The quantitative estimate of drug-likeness (QED) is 0.287. The van der Waals surface area contributed by atoms with Gasteiger partial charge in [0.25, 0.3) is 6.01 Å². The fourth-order valence-electron chi connectivity index (χ4n) is 4.13. The van der Waals surface area contributed by atoms with Crippen LogP contribution in [0.5, 0.6) is 5.75 Å². The molecule has 0 saturated carbocycles. The van der Waals surface area contributed by atoms with Crippen LogP contribution >= 0.6 is 45.2 Å². The maximum atomic E-state index is 13.4. The van der Waals surface area contributed by atoms with Gasteiger partial charge in [-0.05, 0) is 100 Å². The number of amides is 3. The summed E-state index contributed by atoms with van der Waals surface area (Å²) in [5.41, 5.74) is 6.62. The lowest BCUT2D eigenvalue weighted by Crippen LogP contribution is -2.43. The third kappa shape index (κ3) is 5.63. The second-order valence-electron chi connectivity index (χ2n) is 8.27. The topological polar surface area (TPSA) is 151 Å². The second-order valence-corrected chi connectivity index (χ2v) is 10.6. The Bertz CT molecular complexity index is 1350. The number of rotatable bonds is 6. The van der Waals surface area contributed by atoms with Crippen molar-refractivity contribution in [3.8, 4) is 5.75 Å². The molecule has 1 aliphatic rings. The number of carbonyl (C=O) groups is 2. The first kappa shape index (κ1) is 25.5. The number of halogens is 2. The first-order chi connectivity index (χ1) is 16.6. The molecule has 1 aliphatic heterocycles. The number of likely N-dealkylation sites (tertiary alicyclic amines) is 1. The highest BCUT2D eigenvalue weighted by Gasteiger charge is 2.28. The van der Waals surface area contributed by atoms with Crippen LogP contribution in [0.1, 0.15) is 24.0 Å². The number of hydrogen-bond acceptors (Lipinski definition) is 7. The SMILES string of the molecule is Cc1c(NC(N)=O)ccc2nc(N[C@@H](Cc3cc(I)c(O)c(I)c3)C(=O)N3CCCC3)oc(=O)c12. The molecule has 0 radical (unpaired) electrons. The Labute approximate surface area is 227 Å². The Morgan fingerprint density at radius 2 is 1.89 bits per heavy atom. The molecule has 1 saturated heterocycles. The van der Waals surface area contributed by atoms with Gasteiger partial charge < -0.3 is 30.8 Å². The predicted molar refractivity (Wildman–Crippen MR) is 149 cm³/mol. The van der Waals surface area contributed by atoms with Crippen molar-refractivity contribution in [2.75, 3.05) is 23.7 Å². The first-order valence-corrected chi connectivity index (χ1v) is 13.0. The van der Waals surface area contributed by atoms with Gasteiger partial charge in [-0.3, -0.25) is 4.79 Å². The number of nitrogens with two attached hydrogens (primary N) is 1. The molecule has 3 amide bonds. The van der Waals surface area contributed by atoms with E-state index in [9.17, 15) is 19.5 Å². The summed E-state index contributed by atoms with van der Waals surface area (Å²) in [7, 11) is 0. The number of carbonyl (C=O) groups excluding carboxylic acids is 2. The molecule has 3 aromatic rings. The molecule has 1 aromatic heterocycles. The number of phenolic OH excluding ortho intramolecular Hbond substituents is 1. The van der Waals surface area contributed by atoms with Crippen molar-refractivity contribution in [2.45, 2.75) is 32.2 Å². The van der Waals surface area contributed by atoms with Gasteiger partial charge in [-0.15, -0.1) is 0 Å². The lowest BCUT2D eigenvalue weighted by atomic mass is 10.0. The van der Waals surface area contributed by atoms with E-state index in [1.165, 1.54) is 0 Å². The lowest BCUT2D eigenvalue weighted by molar-refractivity contribution is -0.131. The Morgan fingerprint density at radius 3 is 2.51 bits per heavy atom. The number of aryl methyl sites for hydroxylation is 1. The summed E-state index contributed by atoms with van der Waals surface area (Å²) in [6, 6.07) is 5.29. The number of aromatic nitrogens is 1. The lowest BCUT2D eigenvalue weighted by Gasteiger charge is -2.24. The first-order valence-electron chi connectivity index (χ1n) is 10.9. The number of primary amides is 1. The molecule has 0 unspecified atom stereocenters. The van der Waals surface area contributed by atoms with E-state index in [1.807, 2.05) is 12.1 Å². The highest BCUT2D eigenvalue weighted by molar-refractivity contribution is 14.1. The highest BCUT2D eigenvalue weighted by Crippen LogP contribution is 2.29. The summed E-state index contributed by atoms with van der Waals surface area (Å²) < 4.78 is 6.81. The average Bonchev–Trinajstić information content (AvgIpc) is 3.33. The minimum absolute atomic E-state index is 0.0711. The Morgan fingerprint density at radius 1 is 1.23 bits per heavy atom. The molecular weight excluding hydrogens is 680 g/mol. The van der Waals surface area contributed by atoms with Crippen molar-refractivity contribution in [2.24, 2.45) is 5.73 Å². The molecule has 0 aliphatic carbocycles.